The summed E-state index contributed by atoms with van der Waals surface area (Å²) in [6.07, 6.45) is 2.90. The highest BCUT2D eigenvalue weighted by Gasteiger charge is 2.49. The number of amides is 1. The van der Waals surface area contributed by atoms with E-state index in [1.807, 2.05) is 0 Å². The van der Waals surface area contributed by atoms with Crippen molar-refractivity contribution in [2.24, 2.45) is 18.9 Å². The quantitative estimate of drug-likeness (QED) is 0.865. The fourth-order valence-electron chi connectivity index (χ4n) is 4.35. The number of fused-ring (bicyclic) bond motifs is 2. The fourth-order valence-corrected chi connectivity index (χ4v) is 4.35. The molecular weight excluding hydrogens is 310 g/mol. The number of rotatable bonds is 2. The Bertz CT molecular complexity index is 897. The van der Waals surface area contributed by atoms with Crippen LogP contribution in [0.2, 0.25) is 0 Å². The first-order valence-corrected chi connectivity index (χ1v) is 8.20. The minimum Gasteiger partial charge on any atom is -0.480 e. The van der Waals surface area contributed by atoms with Crippen molar-refractivity contribution in [2.75, 3.05) is 6.54 Å². The molecule has 3 atom stereocenters. The standard InChI is InChI=1S/C17H19N3O4/c1-19-13-7-9(5-6-12(13)18-17(19)24)15(21)20-8-10-3-2-4-11(10)14(20)16(22)23/h5-7,10-11,14H,2-4,8H2,1H3,(H,18,24)(H,22,23). The molecule has 126 valence electrons. The molecule has 1 amide bonds. The SMILES string of the molecule is Cn1c(=O)[nH]c2ccc(C(=O)N3CC4CCCC4C3C(=O)O)cc21. The van der Waals surface area contributed by atoms with Crippen molar-refractivity contribution in [3.05, 3.63) is 34.2 Å². The predicted octanol–water partition coefficient (Wildman–Crippen LogP) is 1.19. The maximum atomic E-state index is 12.9. The van der Waals surface area contributed by atoms with Crippen molar-refractivity contribution in [3.8, 4) is 0 Å². The van der Waals surface area contributed by atoms with Gasteiger partial charge in [0.1, 0.15) is 6.04 Å². The topological polar surface area (TPSA) is 95.4 Å². The third-order valence-corrected chi connectivity index (χ3v) is 5.56. The Kier molecular flexibility index (Phi) is 3.26. The number of aromatic nitrogens is 2. The highest BCUT2D eigenvalue weighted by molar-refractivity contribution is 5.99. The number of imidazole rings is 1. The Hall–Kier alpha value is -2.57. The van der Waals surface area contributed by atoms with Crippen LogP contribution in [0.15, 0.2) is 23.0 Å². The van der Waals surface area contributed by atoms with Crippen LogP contribution >= 0.6 is 0 Å². The number of hydrogen-bond acceptors (Lipinski definition) is 3. The van der Waals surface area contributed by atoms with Gasteiger partial charge in [-0.1, -0.05) is 6.42 Å². The van der Waals surface area contributed by atoms with Gasteiger partial charge in [-0.05, 0) is 42.9 Å². The molecule has 7 heteroatoms. The van der Waals surface area contributed by atoms with E-state index in [4.69, 9.17) is 0 Å². The molecule has 7 nitrogen and oxygen atoms in total. The third-order valence-electron chi connectivity index (χ3n) is 5.56. The first kappa shape index (κ1) is 15.0. The van der Waals surface area contributed by atoms with Crippen molar-refractivity contribution >= 4 is 22.9 Å². The first-order chi connectivity index (χ1) is 11.5. The number of nitrogens with zero attached hydrogens (tertiary/aromatic N) is 2. The van der Waals surface area contributed by atoms with Gasteiger partial charge < -0.3 is 15.0 Å². The molecule has 1 saturated heterocycles. The molecule has 0 bridgehead atoms. The van der Waals surface area contributed by atoms with Crippen molar-refractivity contribution in [1.29, 1.82) is 0 Å². The van der Waals surface area contributed by atoms with E-state index in [9.17, 15) is 19.5 Å². The molecule has 2 fully saturated rings. The lowest BCUT2D eigenvalue weighted by Crippen LogP contribution is -2.43. The van der Waals surface area contributed by atoms with E-state index in [2.05, 4.69) is 4.98 Å². The number of likely N-dealkylation sites (tertiary alicyclic amines) is 1. The van der Waals surface area contributed by atoms with Gasteiger partial charge in [0.05, 0.1) is 11.0 Å². The number of hydrogen-bond donors (Lipinski definition) is 2. The summed E-state index contributed by atoms with van der Waals surface area (Å²) in [4.78, 5) is 40.5. The zero-order valence-corrected chi connectivity index (χ0v) is 13.4. The molecule has 1 aliphatic carbocycles. The van der Waals surface area contributed by atoms with Crippen LogP contribution < -0.4 is 5.69 Å². The summed E-state index contributed by atoms with van der Waals surface area (Å²) in [6.45, 7) is 0.505. The van der Waals surface area contributed by atoms with Crippen LogP contribution in [0.1, 0.15) is 29.6 Å². The van der Waals surface area contributed by atoms with Gasteiger partial charge in [0, 0.05) is 19.2 Å². The van der Waals surface area contributed by atoms with Crippen LogP contribution in [0.5, 0.6) is 0 Å². The average Bonchev–Trinajstić information content (AvgIpc) is 3.20. The second-order valence-corrected chi connectivity index (χ2v) is 6.82. The number of carboxylic acid groups (broad SMARTS) is 1. The molecular formula is C17H19N3O4. The molecule has 2 aromatic rings. The lowest BCUT2D eigenvalue weighted by atomic mass is 9.94. The number of carboxylic acids is 1. The van der Waals surface area contributed by atoms with E-state index in [0.29, 0.717) is 23.1 Å². The van der Waals surface area contributed by atoms with Crippen molar-refractivity contribution < 1.29 is 14.7 Å². The van der Waals surface area contributed by atoms with E-state index >= 15 is 0 Å². The largest absolute Gasteiger partial charge is 0.480 e. The van der Waals surface area contributed by atoms with Gasteiger partial charge in [0.15, 0.2) is 0 Å². The normalized spacial score (nSPS) is 26.0. The Morgan fingerprint density at radius 3 is 2.83 bits per heavy atom. The van der Waals surface area contributed by atoms with Gasteiger partial charge in [-0.25, -0.2) is 9.59 Å². The zero-order chi connectivity index (χ0) is 17.0. The minimum absolute atomic E-state index is 0.0618. The minimum atomic E-state index is -0.923. The van der Waals surface area contributed by atoms with E-state index in [-0.39, 0.29) is 23.4 Å². The summed E-state index contributed by atoms with van der Waals surface area (Å²) in [5.74, 6) is -0.845. The number of H-pyrrole nitrogens is 1. The Balaban J connectivity index is 1.71. The van der Waals surface area contributed by atoms with Gasteiger partial charge in [-0.15, -0.1) is 0 Å². The van der Waals surface area contributed by atoms with Crippen LogP contribution in [-0.2, 0) is 11.8 Å². The van der Waals surface area contributed by atoms with Crippen molar-refractivity contribution in [2.45, 2.75) is 25.3 Å². The molecule has 1 aliphatic heterocycles. The van der Waals surface area contributed by atoms with Gasteiger partial charge in [-0.3, -0.25) is 9.36 Å². The molecule has 1 aromatic heterocycles. The van der Waals surface area contributed by atoms with Crippen molar-refractivity contribution in [1.82, 2.24) is 14.5 Å². The highest BCUT2D eigenvalue weighted by atomic mass is 16.4. The summed E-state index contributed by atoms with van der Waals surface area (Å²) in [5, 5.41) is 9.60. The molecule has 0 spiro atoms. The summed E-state index contributed by atoms with van der Waals surface area (Å²) in [6, 6.07) is 4.25. The van der Waals surface area contributed by atoms with E-state index in [0.717, 1.165) is 19.3 Å². The molecule has 2 aliphatic rings. The number of carbonyl (C=O) groups is 2. The van der Waals surface area contributed by atoms with E-state index in [1.165, 1.54) is 9.47 Å². The Labute approximate surface area is 137 Å². The summed E-state index contributed by atoms with van der Waals surface area (Å²) in [5.41, 5.74) is 1.47. The fraction of sp³-hybridized carbons (Fsp3) is 0.471. The van der Waals surface area contributed by atoms with Crippen LogP contribution in [0, 0.1) is 11.8 Å². The highest BCUT2D eigenvalue weighted by Crippen LogP contribution is 2.42. The number of nitrogens with one attached hydrogen (secondary N) is 1. The smallest absolute Gasteiger partial charge is 0.326 e. The summed E-state index contributed by atoms with van der Waals surface area (Å²) < 4.78 is 1.44. The molecule has 3 unspecified atom stereocenters. The lowest BCUT2D eigenvalue weighted by Gasteiger charge is -2.24. The summed E-state index contributed by atoms with van der Waals surface area (Å²) in [7, 11) is 1.63. The van der Waals surface area contributed by atoms with Crippen LogP contribution in [0.3, 0.4) is 0 Å². The second-order valence-electron chi connectivity index (χ2n) is 6.82. The molecule has 1 saturated carbocycles. The third kappa shape index (κ3) is 2.07. The zero-order valence-electron chi connectivity index (χ0n) is 13.4. The maximum Gasteiger partial charge on any atom is 0.326 e. The number of aromatic amines is 1. The molecule has 1 aromatic carbocycles. The maximum absolute atomic E-state index is 12.9. The van der Waals surface area contributed by atoms with Crippen molar-refractivity contribution in [3.63, 3.8) is 0 Å². The molecule has 24 heavy (non-hydrogen) atoms. The van der Waals surface area contributed by atoms with Gasteiger partial charge in [0.25, 0.3) is 5.91 Å². The monoisotopic (exact) mass is 329 g/mol. The number of carbonyl (C=O) groups excluding carboxylic acids is 1. The predicted molar refractivity (Wildman–Crippen MR) is 86.8 cm³/mol. The average molecular weight is 329 g/mol. The lowest BCUT2D eigenvalue weighted by molar-refractivity contribution is -0.142. The molecule has 2 N–H and O–H groups in total. The van der Waals surface area contributed by atoms with Gasteiger partial charge >= 0.3 is 11.7 Å². The number of aliphatic carboxylic acids is 1. The Morgan fingerprint density at radius 2 is 2.08 bits per heavy atom. The number of benzene rings is 1. The Morgan fingerprint density at radius 1 is 1.29 bits per heavy atom. The second kappa shape index (κ2) is 5.22. The van der Waals surface area contributed by atoms with Gasteiger partial charge in [-0.2, -0.15) is 0 Å². The summed E-state index contributed by atoms with van der Waals surface area (Å²) >= 11 is 0. The van der Waals surface area contributed by atoms with Crippen LogP contribution in [0.25, 0.3) is 11.0 Å². The van der Waals surface area contributed by atoms with Gasteiger partial charge in [0.2, 0.25) is 0 Å². The molecule has 2 heterocycles. The van der Waals surface area contributed by atoms with E-state index in [1.54, 1.807) is 25.2 Å². The first-order valence-electron chi connectivity index (χ1n) is 8.20. The molecule has 4 rings (SSSR count). The van der Waals surface area contributed by atoms with Crippen LogP contribution in [-0.4, -0.2) is 44.0 Å². The molecule has 0 radical (unpaired) electrons. The van der Waals surface area contributed by atoms with Crippen LogP contribution in [0.4, 0.5) is 0 Å². The van der Waals surface area contributed by atoms with E-state index < -0.39 is 12.0 Å². The number of aryl methyl sites for hydroxylation is 1.